The lowest BCUT2D eigenvalue weighted by Crippen LogP contribution is -2.46. The quantitative estimate of drug-likeness (QED) is 0.786. The Morgan fingerprint density at radius 1 is 1.28 bits per heavy atom. The molecule has 1 atom stereocenters. The van der Waals surface area contributed by atoms with Gasteiger partial charge in [-0.3, -0.25) is 4.90 Å². The van der Waals surface area contributed by atoms with E-state index in [0.29, 0.717) is 16.9 Å². The molecule has 25 heavy (non-hydrogen) atoms. The molecule has 5 nitrogen and oxygen atoms in total. The minimum atomic E-state index is 0.388. The summed E-state index contributed by atoms with van der Waals surface area (Å²) in [5.41, 5.74) is 1.11. The van der Waals surface area contributed by atoms with Gasteiger partial charge in [-0.1, -0.05) is 29.3 Å². The summed E-state index contributed by atoms with van der Waals surface area (Å²) in [5, 5.41) is 1.39. The summed E-state index contributed by atoms with van der Waals surface area (Å²) in [7, 11) is 3.69. The smallest absolute Gasteiger partial charge is 0.218 e. The van der Waals surface area contributed by atoms with E-state index in [4.69, 9.17) is 27.9 Å². The maximum atomic E-state index is 6.32. The molecule has 0 spiro atoms. The SMILES string of the molecule is COc1cc(N(C)C2CCCN(Cc3ccc(Cl)cc3Cl)C2)ncn1. The highest BCUT2D eigenvalue weighted by atomic mass is 35.5. The first-order valence-corrected chi connectivity index (χ1v) is 9.07. The molecule has 1 saturated heterocycles. The van der Waals surface area contributed by atoms with Crippen LogP contribution in [0.1, 0.15) is 18.4 Å². The molecule has 0 amide bonds. The summed E-state index contributed by atoms with van der Waals surface area (Å²) in [6, 6.07) is 7.96. The van der Waals surface area contributed by atoms with E-state index in [9.17, 15) is 0 Å². The van der Waals surface area contributed by atoms with Crippen LogP contribution in [0.3, 0.4) is 0 Å². The number of hydrogen-bond acceptors (Lipinski definition) is 5. The Kier molecular flexibility index (Phi) is 5.99. The molecule has 7 heteroatoms. The first kappa shape index (κ1) is 18.2. The van der Waals surface area contributed by atoms with Crippen LogP contribution in [0.2, 0.25) is 10.0 Å². The van der Waals surface area contributed by atoms with Crippen LogP contribution in [-0.2, 0) is 6.54 Å². The van der Waals surface area contributed by atoms with Gasteiger partial charge in [0.15, 0.2) is 0 Å². The van der Waals surface area contributed by atoms with Gasteiger partial charge in [0.1, 0.15) is 12.1 Å². The second-order valence-corrected chi connectivity index (χ2v) is 7.14. The lowest BCUT2D eigenvalue weighted by atomic mass is 10.0. The number of halogens is 2. The van der Waals surface area contributed by atoms with Crippen LogP contribution in [-0.4, -0.2) is 48.2 Å². The third kappa shape index (κ3) is 4.54. The van der Waals surface area contributed by atoms with E-state index in [2.05, 4.69) is 26.8 Å². The normalized spacial score (nSPS) is 18.2. The van der Waals surface area contributed by atoms with E-state index in [-0.39, 0.29) is 0 Å². The summed E-state index contributed by atoms with van der Waals surface area (Å²) in [5.74, 6) is 1.46. The molecule has 1 fully saturated rings. The number of hydrogen-bond donors (Lipinski definition) is 0. The maximum Gasteiger partial charge on any atom is 0.218 e. The van der Waals surface area contributed by atoms with E-state index in [0.717, 1.165) is 48.9 Å². The Morgan fingerprint density at radius 2 is 2.12 bits per heavy atom. The van der Waals surface area contributed by atoms with Crippen molar-refractivity contribution in [2.45, 2.75) is 25.4 Å². The number of rotatable bonds is 5. The zero-order valence-corrected chi connectivity index (χ0v) is 16.0. The molecule has 3 rings (SSSR count). The third-order valence-electron chi connectivity index (χ3n) is 4.64. The van der Waals surface area contributed by atoms with Crippen LogP contribution in [0.25, 0.3) is 0 Å². The molecule has 1 aliphatic heterocycles. The fourth-order valence-corrected chi connectivity index (χ4v) is 3.67. The van der Waals surface area contributed by atoms with Gasteiger partial charge in [-0.15, -0.1) is 0 Å². The average molecular weight is 381 g/mol. The number of anilines is 1. The van der Waals surface area contributed by atoms with Crippen molar-refractivity contribution in [2.75, 3.05) is 32.1 Å². The minimum absolute atomic E-state index is 0.388. The molecule has 0 saturated carbocycles. The summed E-state index contributed by atoms with van der Waals surface area (Å²) >= 11 is 12.3. The number of nitrogens with zero attached hydrogens (tertiary/aromatic N) is 4. The first-order chi connectivity index (χ1) is 12.1. The van der Waals surface area contributed by atoms with Gasteiger partial charge in [-0.05, 0) is 37.1 Å². The predicted octanol–water partition coefficient (Wildman–Crippen LogP) is 3.89. The summed E-state index contributed by atoms with van der Waals surface area (Å²) in [6.45, 7) is 2.85. The van der Waals surface area contributed by atoms with Crippen molar-refractivity contribution in [2.24, 2.45) is 0 Å². The van der Waals surface area contributed by atoms with Crippen LogP contribution >= 0.6 is 23.2 Å². The van der Waals surface area contributed by atoms with Crippen molar-refractivity contribution in [3.63, 3.8) is 0 Å². The number of ether oxygens (including phenoxy) is 1. The number of piperidine rings is 1. The van der Waals surface area contributed by atoms with Crippen LogP contribution in [0.4, 0.5) is 5.82 Å². The zero-order chi connectivity index (χ0) is 17.8. The largest absolute Gasteiger partial charge is 0.481 e. The highest BCUT2D eigenvalue weighted by molar-refractivity contribution is 6.35. The highest BCUT2D eigenvalue weighted by Crippen LogP contribution is 2.26. The molecule has 2 aromatic rings. The highest BCUT2D eigenvalue weighted by Gasteiger charge is 2.24. The molecule has 2 heterocycles. The number of aromatic nitrogens is 2. The van der Waals surface area contributed by atoms with E-state index >= 15 is 0 Å². The van der Waals surface area contributed by atoms with Crippen LogP contribution in [0, 0.1) is 0 Å². The first-order valence-electron chi connectivity index (χ1n) is 8.32. The van der Waals surface area contributed by atoms with Crippen LogP contribution < -0.4 is 9.64 Å². The molecular formula is C18H22Cl2N4O. The number of likely N-dealkylation sites (tertiary alicyclic amines) is 1. The predicted molar refractivity (Wildman–Crippen MR) is 102 cm³/mol. The molecule has 134 valence electrons. The van der Waals surface area contributed by atoms with Gasteiger partial charge in [0.05, 0.1) is 7.11 Å². The molecule has 1 aliphatic rings. The van der Waals surface area contributed by atoms with E-state index < -0.39 is 0 Å². The molecule has 1 aromatic carbocycles. The Bertz CT molecular complexity index is 728. The Labute approximate surface area is 158 Å². The number of benzene rings is 1. The molecule has 0 bridgehead atoms. The molecule has 0 radical (unpaired) electrons. The topological polar surface area (TPSA) is 41.5 Å². The summed E-state index contributed by atoms with van der Waals surface area (Å²) < 4.78 is 5.20. The second-order valence-electron chi connectivity index (χ2n) is 6.30. The lowest BCUT2D eigenvalue weighted by molar-refractivity contribution is 0.198. The number of methoxy groups -OCH3 is 1. The van der Waals surface area contributed by atoms with Gasteiger partial charge in [-0.2, -0.15) is 0 Å². The van der Waals surface area contributed by atoms with Crippen molar-refractivity contribution in [1.82, 2.24) is 14.9 Å². The van der Waals surface area contributed by atoms with Crippen molar-refractivity contribution >= 4 is 29.0 Å². The van der Waals surface area contributed by atoms with E-state index in [1.165, 1.54) is 0 Å². The molecule has 1 unspecified atom stereocenters. The van der Waals surface area contributed by atoms with Gasteiger partial charge in [0, 0.05) is 42.3 Å². The fraction of sp³-hybridized carbons (Fsp3) is 0.444. The molecular weight excluding hydrogens is 359 g/mol. The van der Waals surface area contributed by atoms with E-state index in [1.54, 1.807) is 19.5 Å². The van der Waals surface area contributed by atoms with Crippen molar-refractivity contribution < 1.29 is 4.74 Å². The summed E-state index contributed by atoms with van der Waals surface area (Å²) in [6.07, 6.45) is 3.81. The van der Waals surface area contributed by atoms with Crippen molar-refractivity contribution in [3.8, 4) is 5.88 Å². The molecule has 0 aliphatic carbocycles. The second kappa shape index (κ2) is 8.21. The maximum absolute atomic E-state index is 6.32. The zero-order valence-electron chi connectivity index (χ0n) is 14.5. The third-order valence-corrected chi connectivity index (χ3v) is 5.22. The van der Waals surface area contributed by atoms with Crippen LogP contribution in [0.5, 0.6) is 5.88 Å². The average Bonchev–Trinajstić information content (AvgIpc) is 2.64. The Balaban J connectivity index is 1.67. The minimum Gasteiger partial charge on any atom is -0.481 e. The Hall–Kier alpha value is -1.56. The number of likely N-dealkylation sites (N-methyl/N-ethyl adjacent to an activating group) is 1. The molecule has 1 aromatic heterocycles. The van der Waals surface area contributed by atoms with Gasteiger partial charge in [-0.25, -0.2) is 9.97 Å². The fourth-order valence-electron chi connectivity index (χ4n) is 3.20. The molecule has 0 N–H and O–H groups in total. The monoisotopic (exact) mass is 380 g/mol. The summed E-state index contributed by atoms with van der Waals surface area (Å²) in [4.78, 5) is 13.1. The standard InChI is InChI=1S/C18H22Cl2N4O/c1-23(17-9-18(25-2)22-12-21-17)15-4-3-7-24(11-15)10-13-5-6-14(19)8-16(13)20/h5-6,8-9,12,15H,3-4,7,10-11H2,1-2H3. The Morgan fingerprint density at radius 3 is 2.88 bits per heavy atom. The van der Waals surface area contributed by atoms with Gasteiger partial charge in [0.25, 0.3) is 0 Å². The lowest BCUT2D eigenvalue weighted by Gasteiger charge is -2.38. The van der Waals surface area contributed by atoms with Crippen LogP contribution in [0.15, 0.2) is 30.6 Å². The van der Waals surface area contributed by atoms with Gasteiger partial charge in [0.2, 0.25) is 5.88 Å². The van der Waals surface area contributed by atoms with Gasteiger partial charge < -0.3 is 9.64 Å². The van der Waals surface area contributed by atoms with Crippen molar-refractivity contribution in [3.05, 3.63) is 46.2 Å². The van der Waals surface area contributed by atoms with Crippen molar-refractivity contribution in [1.29, 1.82) is 0 Å². The van der Waals surface area contributed by atoms with E-state index in [1.807, 2.05) is 18.2 Å². The van der Waals surface area contributed by atoms with Gasteiger partial charge >= 0.3 is 0 Å².